The van der Waals surface area contributed by atoms with Crippen molar-refractivity contribution >= 4 is 17.7 Å². The van der Waals surface area contributed by atoms with Crippen molar-refractivity contribution in [1.29, 1.82) is 0 Å². The zero-order valence-electron chi connectivity index (χ0n) is 11.3. The number of hydrogen-bond acceptors (Lipinski definition) is 5. The number of nitrogens with zero attached hydrogens (tertiary/aromatic N) is 3. The average molecular weight is 279 g/mol. The molecule has 0 atom stereocenters. The zero-order chi connectivity index (χ0) is 14.5. The van der Waals surface area contributed by atoms with Gasteiger partial charge in [-0.25, -0.2) is 4.79 Å². The SMILES string of the molecule is CC(=O)OCc1ccc(N2CCN(C(=O)O)CC2)cn1. The number of anilines is 1. The number of carbonyl (C=O) groups excluding carboxylic acids is 1. The summed E-state index contributed by atoms with van der Waals surface area (Å²) in [5.74, 6) is -0.333. The highest BCUT2D eigenvalue weighted by atomic mass is 16.5. The number of pyridine rings is 1. The molecule has 0 spiro atoms. The molecule has 0 saturated carbocycles. The lowest BCUT2D eigenvalue weighted by molar-refractivity contribution is -0.142. The molecule has 0 aromatic carbocycles. The molecule has 1 N–H and O–H groups in total. The maximum absolute atomic E-state index is 10.8. The van der Waals surface area contributed by atoms with E-state index in [1.165, 1.54) is 11.8 Å². The molecule has 2 rings (SSSR count). The van der Waals surface area contributed by atoms with Crippen molar-refractivity contribution in [2.24, 2.45) is 0 Å². The molecule has 1 saturated heterocycles. The van der Waals surface area contributed by atoms with Crippen molar-refractivity contribution in [3.8, 4) is 0 Å². The van der Waals surface area contributed by atoms with Crippen molar-refractivity contribution in [3.05, 3.63) is 24.0 Å². The minimum atomic E-state index is -0.875. The molecule has 1 fully saturated rings. The third-order valence-electron chi connectivity index (χ3n) is 3.15. The van der Waals surface area contributed by atoms with Gasteiger partial charge in [0.1, 0.15) is 6.61 Å². The van der Waals surface area contributed by atoms with Crippen LogP contribution in [0.3, 0.4) is 0 Å². The Bertz CT molecular complexity index is 481. The summed E-state index contributed by atoms with van der Waals surface area (Å²) in [5, 5.41) is 8.89. The summed E-state index contributed by atoms with van der Waals surface area (Å²) in [6.45, 7) is 3.81. The first kappa shape index (κ1) is 14.1. The lowest BCUT2D eigenvalue weighted by Gasteiger charge is -2.34. The lowest BCUT2D eigenvalue weighted by atomic mass is 10.2. The smallest absolute Gasteiger partial charge is 0.407 e. The molecule has 1 amide bonds. The van der Waals surface area contributed by atoms with E-state index in [4.69, 9.17) is 9.84 Å². The number of piperazine rings is 1. The van der Waals surface area contributed by atoms with Gasteiger partial charge in [-0.1, -0.05) is 0 Å². The topological polar surface area (TPSA) is 83.0 Å². The first-order valence-electron chi connectivity index (χ1n) is 6.37. The van der Waals surface area contributed by atoms with Gasteiger partial charge >= 0.3 is 12.1 Å². The molecule has 0 unspecified atom stereocenters. The molecule has 1 aromatic rings. The van der Waals surface area contributed by atoms with Gasteiger partial charge in [-0.2, -0.15) is 0 Å². The molecule has 0 bridgehead atoms. The molecule has 1 aliphatic rings. The number of aromatic nitrogens is 1. The number of carbonyl (C=O) groups is 2. The molecule has 2 heterocycles. The second-order valence-electron chi connectivity index (χ2n) is 4.54. The Hall–Kier alpha value is -2.31. The van der Waals surface area contributed by atoms with E-state index in [1.54, 1.807) is 6.20 Å². The van der Waals surface area contributed by atoms with Crippen LogP contribution in [0.5, 0.6) is 0 Å². The molecule has 0 radical (unpaired) electrons. The first-order chi connectivity index (χ1) is 9.56. The minimum absolute atomic E-state index is 0.169. The van der Waals surface area contributed by atoms with E-state index in [0.717, 1.165) is 5.69 Å². The van der Waals surface area contributed by atoms with E-state index < -0.39 is 6.09 Å². The van der Waals surface area contributed by atoms with Crippen LogP contribution in [0.25, 0.3) is 0 Å². The normalized spacial score (nSPS) is 15.1. The Morgan fingerprint density at radius 2 is 2.00 bits per heavy atom. The van der Waals surface area contributed by atoms with Crippen molar-refractivity contribution < 1.29 is 19.4 Å². The fourth-order valence-electron chi connectivity index (χ4n) is 2.02. The fourth-order valence-corrected chi connectivity index (χ4v) is 2.02. The van der Waals surface area contributed by atoms with Crippen LogP contribution in [0.2, 0.25) is 0 Å². The molecular weight excluding hydrogens is 262 g/mol. The highest BCUT2D eigenvalue weighted by Crippen LogP contribution is 2.16. The van der Waals surface area contributed by atoms with Crippen LogP contribution in [0.15, 0.2) is 18.3 Å². The van der Waals surface area contributed by atoms with E-state index in [1.807, 2.05) is 12.1 Å². The molecule has 7 heteroatoms. The Labute approximate surface area is 116 Å². The Morgan fingerprint density at radius 3 is 2.50 bits per heavy atom. The molecule has 7 nitrogen and oxygen atoms in total. The molecule has 1 aliphatic heterocycles. The van der Waals surface area contributed by atoms with Gasteiger partial charge in [0.15, 0.2) is 0 Å². The summed E-state index contributed by atoms with van der Waals surface area (Å²) >= 11 is 0. The second kappa shape index (κ2) is 6.23. The number of hydrogen-bond donors (Lipinski definition) is 1. The molecule has 20 heavy (non-hydrogen) atoms. The van der Waals surface area contributed by atoms with Gasteiger partial charge in [0, 0.05) is 33.1 Å². The van der Waals surface area contributed by atoms with E-state index in [9.17, 15) is 9.59 Å². The molecular formula is C13H17N3O4. The lowest BCUT2D eigenvalue weighted by Crippen LogP contribution is -2.48. The highest BCUT2D eigenvalue weighted by Gasteiger charge is 2.20. The van der Waals surface area contributed by atoms with Crippen LogP contribution in [0.1, 0.15) is 12.6 Å². The molecule has 1 aromatic heterocycles. The Morgan fingerprint density at radius 1 is 1.30 bits per heavy atom. The van der Waals surface area contributed by atoms with E-state index in [0.29, 0.717) is 31.9 Å². The minimum Gasteiger partial charge on any atom is -0.465 e. The number of rotatable bonds is 3. The van der Waals surface area contributed by atoms with Gasteiger partial charge < -0.3 is 19.6 Å². The summed E-state index contributed by atoms with van der Waals surface area (Å²) in [7, 11) is 0. The van der Waals surface area contributed by atoms with Gasteiger partial charge in [0.2, 0.25) is 0 Å². The molecule has 108 valence electrons. The number of esters is 1. The monoisotopic (exact) mass is 279 g/mol. The van der Waals surface area contributed by atoms with Crippen LogP contribution in [-0.4, -0.2) is 53.2 Å². The number of ether oxygens (including phenoxy) is 1. The summed E-state index contributed by atoms with van der Waals surface area (Å²) < 4.78 is 4.87. The standard InChI is InChI=1S/C13H17N3O4/c1-10(17)20-9-11-2-3-12(8-14-11)15-4-6-16(7-5-15)13(18)19/h2-3,8H,4-7,9H2,1H3,(H,18,19). The average Bonchev–Trinajstić information content (AvgIpc) is 2.46. The maximum atomic E-state index is 10.8. The van der Waals surface area contributed by atoms with E-state index >= 15 is 0 Å². The fraction of sp³-hybridized carbons (Fsp3) is 0.462. The summed E-state index contributed by atoms with van der Waals surface area (Å²) in [6, 6.07) is 3.71. The summed E-state index contributed by atoms with van der Waals surface area (Å²) in [4.78, 5) is 29.2. The van der Waals surface area contributed by atoms with Crippen LogP contribution >= 0.6 is 0 Å². The third kappa shape index (κ3) is 3.59. The van der Waals surface area contributed by atoms with Gasteiger partial charge in [0.25, 0.3) is 0 Å². The van der Waals surface area contributed by atoms with Crippen LogP contribution in [0.4, 0.5) is 10.5 Å². The second-order valence-corrected chi connectivity index (χ2v) is 4.54. The van der Waals surface area contributed by atoms with Gasteiger partial charge in [-0.3, -0.25) is 9.78 Å². The largest absolute Gasteiger partial charge is 0.465 e. The predicted octanol–water partition coefficient (Wildman–Crippen LogP) is 0.945. The quantitative estimate of drug-likeness (QED) is 0.829. The van der Waals surface area contributed by atoms with Gasteiger partial charge in [-0.15, -0.1) is 0 Å². The van der Waals surface area contributed by atoms with Crippen LogP contribution in [-0.2, 0) is 16.1 Å². The van der Waals surface area contributed by atoms with Crippen LogP contribution < -0.4 is 4.90 Å². The third-order valence-corrected chi connectivity index (χ3v) is 3.15. The van der Waals surface area contributed by atoms with Crippen molar-refractivity contribution in [1.82, 2.24) is 9.88 Å². The maximum Gasteiger partial charge on any atom is 0.407 e. The Kier molecular flexibility index (Phi) is 4.39. The molecule has 0 aliphatic carbocycles. The Balaban J connectivity index is 1.90. The van der Waals surface area contributed by atoms with Crippen molar-refractivity contribution in [3.63, 3.8) is 0 Å². The van der Waals surface area contributed by atoms with Gasteiger partial charge in [0.05, 0.1) is 17.6 Å². The number of amides is 1. The van der Waals surface area contributed by atoms with Crippen LogP contribution in [0, 0.1) is 0 Å². The summed E-state index contributed by atoms with van der Waals surface area (Å²) in [5.41, 5.74) is 1.63. The van der Waals surface area contributed by atoms with E-state index in [2.05, 4.69) is 9.88 Å². The number of carboxylic acid groups (broad SMARTS) is 1. The first-order valence-corrected chi connectivity index (χ1v) is 6.37. The summed E-state index contributed by atoms with van der Waals surface area (Å²) in [6.07, 6.45) is 0.842. The predicted molar refractivity (Wildman–Crippen MR) is 71.5 cm³/mol. The van der Waals surface area contributed by atoms with E-state index in [-0.39, 0.29) is 12.6 Å². The van der Waals surface area contributed by atoms with Crippen molar-refractivity contribution in [2.75, 3.05) is 31.1 Å². The van der Waals surface area contributed by atoms with Gasteiger partial charge in [-0.05, 0) is 12.1 Å². The highest BCUT2D eigenvalue weighted by molar-refractivity contribution is 5.66. The zero-order valence-corrected chi connectivity index (χ0v) is 11.3. The van der Waals surface area contributed by atoms with Crippen molar-refractivity contribution in [2.45, 2.75) is 13.5 Å².